The van der Waals surface area contributed by atoms with Crippen molar-refractivity contribution in [2.24, 2.45) is 0 Å². The standard InChI is InChI=1S/C23H19FN6/c24-22-6-3-17(11-18(22)12-25)21-14-28-30-15-19(13-27-23(21)30)16-1-4-20(5-2-16)29-9-7-26-8-10-29/h1-6,11,13-15,26H,7-10H2. The van der Waals surface area contributed by atoms with Crippen LogP contribution in [0.15, 0.2) is 61.1 Å². The lowest BCUT2D eigenvalue weighted by Gasteiger charge is -2.29. The molecule has 1 saturated heterocycles. The molecule has 148 valence electrons. The van der Waals surface area contributed by atoms with Gasteiger partial charge in [0.2, 0.25) is 0 Å². The number of benzene rings is 2. The summed E-state index contributed by atoms with van der Waals surface area (Å²) in [7, 11) is 0. The van der Waals surface area contributed by atoms with Gasteiger partial charge in [0, 0.05) is 55.4 Å². The fraction of sp³-hybridized carbons (Fsp3) is 0.174. The van der Waals surface area contributed by atoms with Crippen molar-refractivity contribution in [1.82, 2.24) is 19.9 Å². The lowest BCUT2D eigenvalue weighted by molar-refractivity contribution is 0.589. The van der Waals surface area contributed by atoms with Crippen LogP contribution in [0, 0.1) is 17.1 Å². The molecule has 0 amide bonds. The number of nitrogens with zero attached hydrogens (tertiary/aromatic N) is 5. The number of hydrogen-bond donors (Lipinski definition) is 1. The summed E-state index contributed by atoms with van der Waals surface area (Å²) in [5, 5.41) is 16.9. The zero-order valence-electron chi connectivity index (χ0n) is 16.2. The molecule has 2 aromatic carbocycles. The Balaban J connectivity index is 1.46. The monoisotopic (exact) mass is 398 g/mol. The third kappa shape index (κ3) is 3.27. The first-order valence-corrected chi connectivity index (χ1v) is 9.82. The molecule has 0 spiro atoms. The van der Waals surface area contributed by atoms with E-state index in [4.69, 9.17) is 5.26 Å². The minimum Gasteiger partial charge on any atom is -0.369 e. The van der Waals surface area contributed by atoms with Gasteiger partial charge in [-0.3, -0.25) is 0 Å². The van der Waals surface area contributed by atoms with E-state index >= 15 is 0 Å². The lowest BCUT2D eigenvalue weighted by atomic mass is 10.1. The average Bonchev–Trinajstić information content (AvgIpc) is 3.23. The quantitative estimate of drug-likeness (QED) is 0.572. The van der Waals surface area contributed by atoms with Crippen molar-refractivity contribution in [3.63, 3.8) is 0 Å². The normalized spacial score (nSPS) is 14.1. The van der Waals surface area contributed by atoms with E-state index in [0.717, 1.165) is 42.9 Å². The van der Waals surface area contributed by atoms with Crippen molar-refractivity contribution in [2.75, 3.05) is 31.1 Å². The van der Waals surface area contributed by atoms with Gasteiger partial charge in [0.1, 0.15) is 11.9 Å². The van der Waals surface area contributed by atoms with Gasteiger partial charge in [-0.15, -0.1) is 0 Å². The summed E-state index contributed by atoms with van der Waals surface area (Å²) in [6.45, 7) is 4.04. The van der Waals surface area contributed by atoms with Crippen molar-refractivity contribution in [1.29, 1.82) is 5.26 Å². The number of piperazine rings is 1. The van der Waals surface area contributed by atoms with Gasteiger partial charge in [-0.25, -0.2) is 13.9 Å². The minimum atomic E-state index is -0.530. The molecule has 0 radical (unpaired) electrons. The summed E-state index contributed by atoms with van der Waals surface area (Å²) in [6, 6.07) is 14.8. The second kappa shape index (κ2) is 7.58. The molecule has 0 atom stereocenters. The molecule has 3 heterocycles. The molecule has 1 N–H and O–H groups in total. The Hall–Kier alpha value is -3.76. The SMILES string of the molecule is N#Cc1cc(-c2cnn3cc(-c4ccc(N5CCNCC5)cc4)cnc23)ccc1F. The van der Waals surface area contributed by atoms with Crippen LogP contribution in [-0.4, -0.2) is 40.8 Å². The third-order valence-corrected chi connectivity index (χ3v) is 5.44. The molecule has 0 unspecified atom stereocenters. The molecular formula is C23H19FN6. The van der Waals surface area contributed by atoms with Gasteiger partial charge in [0.05, 0.1) is 11.8 Å². The first-order valence-electron chi connectivity index (χ1n) is 9.82. The highest BCUT2D eigenvalue weighted by Crippen LogP contribution is 2.28. The Labute approximate surface area is 173 Å². The van der Waals surface area contributed by atoms with Gasteiger partial charge in [0.15, 0.2) is 5.65 Å². The number of halogens is 1. The number of nitrogens with one attached hydrogen (secondary N) is 1. The smallest absolute Gasteiger partial charge is 0.162 e. The molecule has 0 bridgehead atoms. The summed E-state index contributed by atoms with van der Waals surface area (Å²) in [5.41, 5.74) is 5.38. The van der Waals surface area contributed by atoms with E-state index in [1.54, 1.807) is 16.8 Å². The number of anilines is 1. The van der Waals surface area contributed by atoms with E-state index in [1.165, 1.54) is 17.8 Å². The second-order valence-corrected chi connectivity index (χ2v) is 7.26. The number of nitriles is 1. The summed E-state index contributed by atoms with van der Waals surface area (Å²) in [6.07, 6.45) is 5.43. The molecule has 1 aliphatic rings. The van der Waals surface area contributed by atoms with Crippen LogP contribution in [0.1, 0.15) is 5.56 Å². The topological polar surface area (TPSA) is 69.2 Å². The van der Waals surface area contributed by atoms with Crippen molar-refractivity contribution in [2.45, 2.75) is 0 Å². The van der Waals surface area contributed by atoms with Crippen LogP contribution in [0.2, 0.25) is 0 Å². The van der Waals surface area contributed by atoms with E-state index in [9.17, 15) is 4.39 Å². The van der Waals surface area contributed by atoms with Crippen LogP contribution in [0.5, 0.6) is 0 Å². The molecule has 0 aliphatic carbocycles. The summed E-state index contributed by atoms with van der Waals surface area (Å²) in [5.74, 6) is -0.530. The Morgan fingerprint density at radius 3 is 2.50 bits per heavy atom. The van der Waals surface area contributed by atoms with E-state index < -0.39 is 5.82 Å². The zero-order chi connectivity index (χ0) is 20.5. The fourth-order valence-electron chi connectivity index (χ4n) is 3.79. The Morgan fingerprint density at radius 1 is 0.967 bits per heavy atom. The minimum absolute atomic E-state index is 0.00745. The maximum atomic E-state index is 13.6. The molecule has 1 fully saturated rings. The van der Waals surface area contributed by atoms with Crippen molar-refractivity contribution < 1.29 is 4.39 Å². The number of aromatic nitrogens is 3. The Morgan fingerprint density at radius 2 is 1.73 bits per heavy atom. The maximum Gasteiger partial charge on any atom is 0.162 e. The average molecular weight is 398 g/mol. The summed E-state index contributed by atoms with van der Waals surface area (Å²) in [4.78, 5) is 6.96. The molecule has 1 aliphatic heterocycles. The second-order valence-electron chi connectivity index (χ2n) is 7.26. The molecule has 2 aromatic heterocycles. The van der Waals surface area contributed by atoms with Crippen LogP contribution < -0.4 is 10.2 Å². The summed E-state index contributed by atoms with van der Waals surface area (Å²) < 4.78 is 15.4. The van der Waals surface area contributed by atoms with Crippen LogP contribution in [0.4, 0.5) is 10.1 Å². The highest BCUT2D eigenvalue weighted by Gasteiger charge is 2.13. The number of hydrogen-bond acceptors (Lipinski definition) is 5. The van der Waals surface area contributed by atoms with Gasteiger partial charge in [-0.05, 0) is 35.4 Å². The third-order valence-electron chi connectivity index (χ3n) is 5.44. The number of rotatable bonds is 3. The van der Waals surface area contributed by atoms with Crippen LogP contribution >= 0.6 is 0 Å². The van der Waals surface area contributed by atoms with Crippen LogP contribution in [0.3, 0.4) is 0 Å². The van der Waals surface area contributed by atoms with Crippen molar-refractivity contribution in [3.05, 3.63) is 72.4 Å². The predicted molar refractivity (Wildman–Crippen MR) is 114 cm³/mol. The molecule has 6 nitrogen and oxygen atoms in total. The van der Waals surface area contributed by atoms with Crippen molar-refractivity contribution in [3.8, 4) is 28.3 Å². The van der Waals surface area contributed by atoms with Gasteiger partial charge in [-0.2, -0.15) is 10.4 Å². The highest BCUT2D eigenvalue weighted by molar-refractivity contribution is 5.78. The van der Waals surface area contributed by atoms with E-state index in [-0.39, 0.29) is 5.56 Å². The number of fused-ring (bicyclic) bond motifs is 1. The zero-order valence-corrected chi connectivity index (χ0v) is 16.2. The van der Waals surface area contributed by atoms with Gasteiger partial charge in [0.25, 0.3) is 0 Å². The first-order chi connectivity index (χ1) is 14.7. The Bertz CT molecular complexity index is 1250. The molecule has 7 heteroatoms. The van der Waals surface area contributed by atoms with Gasteiger partial charge in [-0.1, -0.05) is 18.2 Å². The fourth-order valence-corrected chi connectivity index (χ4v) is 3.79. The maximum absolute atomic E-state index is 13.6. The van der Waals surface area contributed by atoms with E-state index in [1.807, 2.05) is 18.5 Å². The van der Waals surface area contributed by atoms with E-state index in [0.29, 0.717) is 11.2 Å². The van der Waals surface area contributed by atoms with Gasteiger partial charge < -0.3 is 10.2 Å². The Kier molecular flexibility index (Phi) is 4.62. The molecular weight excluding hydrogens is 379 g/mol. The van der Waals surface area contributed by atoms with Crippen LogP contribution in [-0.2, 0) is 0 Å². The van der Waals surface area contributed by atoms with Crippen molar-refractivity contribution >= 4 is 11.3 Å². The first kappa shape index (κ1) is 18.3. The summed E-state index contributed by atoms with van der Waals surface area (Å²) >= 11 is 0. The molecule has 5 rings (SSSR count). The predicted octanol–water partition coefficient (Wildman–Crippen LogP) is 3.48. The molecule has 4 aromatic rings. The molecule has 0 saturated carbocycles. The highest BCUT2D eigenvalue weighted by atomic mass is 19.1. The molecule has 30 heavy (non-hydrogen) atoms. The lowest BCUT2D eigenvalue weighted by Crippen LogP contribution is -2.43. The van der Waals surface area contributed by atoms with Crippen LogP contribution in [0.25, 0.3) is 27.9 Å². The van der Waals surface area contributed by atoms with Gasteiger partial charge >= 0.3 is 0 Å². The van der Waals surface area contributed by atoms with E-state index in [2.05, 4.69) is 44.6 Å². The largest absolute Gasteiger partial charge is 0.369 e.